The van der Waals surface area contributed by atoms with Crippen molar-refractivity contribution in [3.05, 3.63) is 186 Å². The molecule has 0 saturated carbocycles. The van der Waals surface area contributed by atoms with Gasteiger partial charge in [0.2, 0.25) is 5.91 Å². The highest BCUT2D eigenvalue weighted by Crippen LogP contribution is 2.44. The maximum Gasteiger partial charge on any atom is 0.407 e. The summed E-state index contributed by atoms with van der Waals surface area (Å²) in [6.45, 7) is 0.139. The Hall–Kier alpha value is -6.93. The molecule has 2 aromatic heterocycles. The fourth-order valence-electron chi connectivity index (χ4n) is 7.97. The summed E-state index contributed by atoms with van der Waals surface area (Å²) < 4.78 is 5.97. The summed E-state index contributed by atoms with van der Waals surface area (Å²) in [6, 6.07) is 47.1. The van der Waals surface area contributed by atoms with Crippen LogP contribution in [-0.4, -0.2) is 39.6 Å². The van der Waals surface area contributed by atoms with Crippen LogP contribution in [0.3, 0.4) is 0 Å². The van der Waals surface area contributed by atoms with E-state index in [-0.39, 0.29) is 24.9 Å². The molecule has 2 amide bonds. The summed E-state index contributed by atoms with van der Waals surface area (Å²) in [5.41, 5.74) is 9.36. The molecule has 8 aromatic rings. The van der Waals surface area contributed by atoms with Gasteiger partial charge in [0.1, 0.15) is 18.5 Å². The number of hydrogen-bond acceptors (Lipinski definition) is 4. The van der Waals surface area contributed by atoms with Crippen LogP contribution in [0, 0.1) is 0 Å². The number of amides is 2. The topological polar surface area (TPSA) is 112 Å². The molecule has 2 heterocycles. The zero-order valence-corrected chi connectivity index (χ0v) is 30.0. The second-order valence-corrected chi connectivity index (χ2v) is 14.0. The Morgan fingerprint density at radius 2 is 1.35 bits per heavy atom. The number of rotatable bonds is 11. The van der Waals surface area contributed by atoms with E-state index in [1.807, 2.05) is 121 Å². The maximum absolute atomic E-state index is 14.6. The minimum Gasteiger partial charge on any atom is -0.449 e. The summed E-state index contributed by atoms with van der Waals surface area (Å²) in [7, 11) is 0. The minimum absolute atomic E-state index is 0.109. The number of H-pyrrole nitrogens is 2. The number of nitrogens with zero attached hydrogens (tertiary/aromatic N) is 1. The number of benzene rings is 6. The second kappa shape index (κ2) is 14.8. The smallest absolute Gasteiger partial charge is 0.407 e. The molecule has 1 aliphatic rings. The molecule has 1 unspecified atom stereocenters. The zero-order valence-electron chi connectivity index (χ0n) is 30.0. The van der Waals surface area contributed by atoms with Crippen molar-refractivity contribution in [3.63, 3.8) is 0 Å². The number of carbonyl (C=O) groups is 2. The summed E-state index contributed by atoms with van der Waals surface area (Å²) in [4.78, 5) is 40.0. The van der Waals surface area contributed by atoms with Crippen LogP contribution in [-0.2, 0) is 22.4 Å². The van der Waals surface area contributed by atoms with Gasteiger partial charge >= 0.3 is 6.09 Å². The predicted octanol–water partition coefficient (Wildman–Crippen LogP) is 9.26. The first-order valence-corrected chi connectivity index (χ1v) is 18.6. The van der Waals surface area contributed by atoms with Gasteiger partial charge in [-0.05, 0) is 55.8 Å². The van der Waals surface area contributed by atoms with Crippen LogP contribution in [0.25, 0.3) is 44.1 Å². The number of hydrogen-bond donors (Lipinski definition) is 4. The molecular weight excluding hydrogens is 683 g/mol. The first kappa shape index (κ1) is 33.9. The molecule has 6 aromatic carbocycles. The van der Waals surface area contributed by atoms with E-state index >= 15 is 0 Å². The van der Waals surface area contributed by atoms with Crippen LogP contribution >= 0.6 is 0 Å². The van der Waals surface area contributed by atoms with Gasteiger partial charge in [0.05, 0.1) is 17.9 Å². The molecule has 270 valence electrons. The monoisotopic (exact) mass is 721 g/mol. The number of ether oxygens (including phenoxy) is 1. The average Bonchev–Trinajstić information content (AvgIpc) is 3.97. The molecular formula is C47H39N5O3. The van der Waals surface area contributed by atoms with Gasteiger partial charge in [-0.3, -0.25) is 4.79 Å². The molecule has 0 radical (unpaired) electrons. The van der Waals surface area contributed by atoms with E-state index in [0.717, 1.165) is 66.3 Å². The Balaban J connectivity index is 1.01. The summed E-state index contributed by atoms with van der Waals surface area (Å²) in [6.07, 6.45) is 3.84. The largest absolute Gasteiger partial charge is 0.449 e. The van der Waals surface area contributed by atoms with E-state index in [1.54, 1.807) is 6.20 Å². The van der Waals surface area contributed by atoms with Gasteiger partial charge in [-0.2, -0.15) is 0 Å². The van der Waals surface area contributed by atoms with Crippen molar-refractivity contribution >= 4 is 33.7 Å². The quantitative estimate of drug-likeness (QED) is 0.107. The van der Waals surface area contributed by atoms with Crippen LogP contribution in [0.2, 0.25) is 0 Å². The van der Waals surface area contributed by atoms with Crippen LogP contribution in [0.4, 0.5) is 4.79 Å². The van der Waals surface area contributed by atoms with Gasteiger partial charge in [-0.1, -0.05) is 140 Å². The zero-order chi connectivity index (χ0) is 37.1. The van der Waals surface area contributed by atoms with Crippen molar-refractivity contribution in [2.75, 3.05) is 6.61 Å². The Morgan fingerprint density at radius 1 is 0.673 bits per heavy atom. The van der Waals surface area contributed by atoms with E-state index in [4.69, 9.17) is 9.72 Å². The van der Waals surface area contributed by atoms with Crippen LogP contribution in [0.15, 0.2) is 158 Å². The molecule has 0 fully saturated rings. The van der Waals surface area contributed by atoms with Gasteiger partial charge in [0, 0.05) is 35.9 Å². The summed E-state index contributed by atoms with van der Waals surface area (Å²) >= 11 is 0. The van der Waals surface area contributed by atoms with Crippen molar-refractivity contribution in [2.24, 2.45) is 0 Å². The van der Waals surface area contributed by atoms with E-state index in [9.17, 15) is 9.59 Å². The fraction of sp³-hybridized carbons (Fsp3) is 0.128. The molecule has 55 heavy (non-hydrogen) atoms. The van der Waals surface area contributed by atoms with Gasteiger partial charge < -0.3 is 25.3 Å². The molecule has 8 nitrogen and oxygen atoms in total. The molecule has 0 saturated heterocycles. The molecule has 2 atom stereocenters. The van der Waals surface area contributed by atoms with E-state index < -0.39 is 18.2 Å². The molecule has 8 heteroatoms. The van der Waals surface area contributed by atoms with E-state index in [2.05, 4.69) is 50.9 Å². The van der Waals surface area contributed by atoms with Gasteiger partial charge in [-0.25, -0.2) is 9.78 Å². The lowest BCUT2D eigenvalue weighted by atomic mass is 9.97. The Morgan fingerprint density at radius 3 is 2.15 bits per heavy atom. The van der Waals surface area contributed by atoms with Crippen molar-refractivity contribution in [3.8, 4) is 22.4 Å². The lowest BCUT2D eigenvalue weighted by Crippen LogP contribution is -2.49. The van der Waals surface area contributed by atoms with Crippen LogP contribution in [0.1, 0.15) is 40.0 Å². The number of fused-ring (bicyclic) bond motifs is 5. The molecule has 0 aliphatic heterocycles. The number of aromatic amines is 2. The number of nitrogens with one attached hydrogen (secondary N) is 4. The van der Waals surface area contributed by atoms with Crippen LogP contribution in [0.5, 0.6) is 0 Å². The van der Waals surface area contributed by atoms with Crippen molar-refractivity contribution in [1.29, 1.82) is 0 Å². The number of imidazole rings is 1. The number of para-hydroxylation sites is 1. The lowest BCUT2D eigenvalue weighted by Gasteiger charge is -2.23. The summed E-state index contributed by atoms with van der Waals surface area (Å²) in [5.74, 6) is 0.160. The molecule has 1 aliphatic carbocycles. The first-order valence-electron chi connectivity index (χ1n) is 18.6. The normalized spacial score (nSPS) is 13.2. The van der Waals surface area contributed by atoms with Gasteiger partial charge in [0.15, 0.2) is 0 Å². The SMILES string of the molecule is O=C(NC(Cc1cccc2ccccc12)C(=O)N[C@H](Cc1c[nH]c2ccccc12)c1ncc(-c2ccccc2)[nH]1)OCC1c2ccccc2-c2ccccc21. The second-order valence-electron chi connectivity index (χ2n) is 14.0. The predicted molar refractivity (Wildman–Crippen MR) is 217 cm³/mol. The highest BCUT2D eigenvalue weighted by atomic mass is 16.5. The molecule has 4 N–H and O–H groups in total. The van der Waals surface area contributed by atoms with Crippen molar-refractivity contribution in [1.82, 2.24) is 25.6 Å². The standard InChI is InChI=1S/C47H39N5O3/c53-46(51-42(26-33-27-48-41-24-11-10-19-35(33)41)45-49-28-44(50-45)31-14-2-1-3-15-31)43(25-32-17-12-16-30-13-4-5-18-34(30)32)52-47(54)55-29-40-38-22-8-6-20-36(38)37-21-7-9-23-39(37)40/h1-24,27-28,40,42-43,48H,25-26,29H2,(H,49,50)(H,51,53)(H,52,54)/t42-,43?/m1/s1. The maximum atomic E-state index is 14.6. The van der Waals surface area contributed by atoms with Gasteiger partial charge in [0.25, 0.3) is 0 Å². The van der Waals surface area contributed by atoms with E-state index in [1.165, 1.54) is 0 Å². The number of alkyl carbamates (subject to hydrolysis) is 1. The van der Waals surface area contributed by atoms with Gasteiger partial charge in [-0.15, -0.1) is 0 Å². The Labute approximate surface area is 318 Å². The third-order valence-corrected chi connectivity index (χ3v) is 10.7. The lowest BCUT2D eigenvalue weighted by molar-refractivity contribution is -0.123. The Kier molecular flexibility index (Phi) is 9.14. The minimum atomic E-state index is -0.949. The van der Waals surface area contributed by atoms with E-state index in [0.29, 0.717) is 12.2 Å². The van der Waals surface area contributed by atoms with Crippen LogP contribution < -0.4 is 10.6 Å². The molecule has 0 spiro atoms. The Bertz CT molecular complexity index is 2590. The fourth-order valence-corrected chi connectivity index (χ4v) is 7.97. The third kappa shape index (κ3) is 6.86. The number of carbonyl (C=O) groups excluding carboxylic acids is 2. The first-order chi connectivity index (χ1) is 27.1. The average molecular weight is 722 g/mol. The van der Waals surface area contributed by atoms with Crippen molar-refractivity contribution in [2.45, 2.75) is 30.8 Å². The third-order valence-electron chi connectivity index (χ3n) is 10.7. The molecule has 9 rings (SSSR count). The highest BCUT2D eigenvalue weighted by molar-refractivity contribution is 5.90. The molecule has 0 bridgehead atoms. The highest BCUT2D eigenvalue weighted by Gasteiger charge is 2.31. The summed E-state index contributed by atoms with van der Waals surface area (Å²) in [5, 5.41) is 9.40. The number of aromatic nitrogens is 3. The van der Waals surface area contributed by atoms with Crippen molar-refractivity contribution < 1.29 is 14.3 Å².